The highest BCUT2D eigenvalue weighted by Crippen LogP contribution is 2.24. The molecule has 9 nitrogen and oxygen atoms in total. The Kier molecular flexibility index (Phi) is 8.57. The van der Waals surface area contributed by atoms with Crippen molar-refractivity contribution in [2.24, 2.45) is 0 Å². The molecule has 0 saturated carbocycles. The van der Waals surface area contributed by atoms with E-state index in [0.29, 0.717) is 5.56 Å². The van der Waals surface area contributed by atoms with E-state index in [1.165, 1.54) is 24.3 Å². The molecular formula is C20H27N3O6S2. The number of aromatic carboxylic acids is 1. The fourth-order valence-corrected chi connectivity index (χ4v) is 5.88. The standard InChI is InChI=1S/C11H13NO2.C9H14N2O4S2/c13-11(14)9-5-1-2-6-10(9)12-7-3-4-8-12;1-8(2)10-17(14,15)11-16(12,13)9-6-4-3-5-7-9/h1-2,5-6H,3-4,7-8H2,(H,13,14);3-8,10-11H,1-2H3. The van der Waals surface area contributed by atoms with Crippen LogP contribution in [0.2, 0.25) is 0 Å². The van der Waals surface area contributed by atoms with E-state index in [2.05, 4.69) is 9.62 Å². The fraction of sp³-hybridized carbons (Fsp3) is 0.350. The lowest BCUT2D eigenvalue weighted by molar-refractivity contribution is 0.0697. The summed E-state index contributed by atoms with van der Waals surface area (Å²) in [6.45, 7) is 5.14. The lowest BCUT2D eigenvalue weighted by Crippen LogP contribution is -2.43. The van der Waals surface area contributed by atoms with Crippen molar-refractivity contribution in [1.82, 2.24) is 8.85 Å². The molecule has 0 bridgehead atoms. The molecule has 2 aromatic carbocycles. The average molecular weight is 470 g/mol. The van der Waals surface area contributed by atoms with Crippen LogP contribution in [0.3, 0.4) is 0 Å². The summed E-state index contributed by atoms with van der Waals surface area (Å²) in [4.78, 5) is 13.0. The molecule has 1 saturated heterocycles. The second-order valence-corrected chi connectivity index (χ2v) is 10.6. The van der Waals surface area contributed by atoms with E-state index in [1.807, 2.05) is 12.1 Å². The third-order valence-corrected chi connectivity index (χ3v) is 7.67. The minimum Gasteiger partial charge on any atom is -0.478 e. The Labute approximate surface area is 183 Å². The third kappa shape index (κ3) is 7.62. The Morgan fingerprint density at radius 1 is 0.935 bits per heavy atom. The van der Waals surface area contributed by atoms with E-state index < -0.39 is 32.2 Å². The van der Waals surface area contributed by atoms with E-state index in [9.17, 15) is 21.6 Å². The molecule has 1 aliphatic heterocycles. The summed E-state index contributed by atoms with van der Waals surface area (Å²) >= 11 is 0. The number of hydrogen-bond acceptors (Lipinski definition) is 6. The third-order valence-electron chi connectivity index (χ3n) is 4.24. The molecule has 0 aromatic heterocycles. The SMILES string of the molecule is CC(C)NS(=O)(=O)NS(=O)(=O)c1ccccc1.O=C(O)c1ccccc1N1CCCC1. The molecule has 0 aliphatic carbocycles. The molecule has 1 fully saturated rings. The zero-order valence-corrected chi connectivity index (χ0v) is 19.0. The van der Waals surface area contributed by atoms with Crippen LogP contribution in [0.25, 0.3) is 0 Å². The summed E-state index contributed by atoms with van der Waals surface area (Å²) < 4.78 is 50.0. The van der Waals surface area contributed by atoms with Crippen LogP contribution >= 0.6 is 0 Å². The van der Waals surface area contributed by atoms with Crippen molar-refractivity contribution in [3.05, 3.63) is 60.2 Å². The Bertz CT molecular complexity index is 1080. The minimum atomic E-state index is -4.07. The van der Waals surface area contributed by atoms with Gasteiger partial charge in [0.05, 0.1) is 16.1 Å². The second kappa shape index (κ2) is 10.7. The van der Waals surface area contributed by atoms with Crippen LogP contribution < -0.4 is 13.7 Å². The molecule has 1 heterocycles. The van der Waals surface area contributed by atoms with Gasteiger partial charge in [0.1, 0.15) is 0 Å². The first kappa shape index (κ1) is 24.8. The van der Waals surface area contributed by atoms with Crippen molar-refractivity contribution in [1.29, 1.82) is 0 Å². The summed E-state index contributed by atoms with van der Waals surface area (Å²) in [5.41, 5.74) is 1.27. The van der Waals surface area contributed by atoms with Gasteiger partial charge in [-0.2, -0.15) is 13.1 Å². The van der Waals surface area contributed by atoms with E-state index in [-0.39, 0.29) is 4.90 Å². The second-order valence-electron chi connectivity index (χ2n) is 7.19. The summed E-state index contributed by atoms with van der Waals surface area (Å²) in [5, 5.41) is 9.00. The monoisotopic (exact) mass is 469 g/mol. The van der Waals surface area contributed by atoms with Crippen LogP contribution in [0.4, 0.5) is 5.69 Å². The predicted molar refractivity (Wildman–Crippen MR) is 119 cm³/mol. The van der Waals surface area contributed by atoms with Crippen LogP contribution in [-0.2, 0) is 20.2 Å². The maximum Gasteiger partial charge on any atom is 0.337 e. The molecule has 170 valence electrons. The number of nitrogens with zero attached hydrogens (tertiary/aromatic N) is 1. The quantitative estimate of drug-likeness (QED) is 0.566. The molecule has 0 spiro atoms. The van der Waals surface area contributed by atoms with Crippen LogP contribution in [-0.4, -0.2) is 47.0 Å². The van der Waals surface area contributed by atoms with Crippen molar-refractivity contribution >= 4 is 31.9 Å². The van der Waals surface area contributed by atoms with Gasteiger partial charge in [0.25, 0.3) is 20.2 Å². The van der Waals surface area contributed by atoms with Gasteiger partial charge in [-0.25, -0.2) is 13.2 Å². The molecule has 11 heteroatoms. The van der Waals surface area contributed by atoms with Gasteiger partial charge in [-0.15, -0.1) is 0 Å². The maximum absolute atomic E-state index is 11.7. The molecule has 31 heavy (non-hydrogen) atoms. The highest BCUT2D eigenvalue weighted by molar-refractivity contribution is 8.03. The van der Waals surface area contributed by atoms with Crippen LogP contribution in [0.1, 0.15) is 37.0 Å². The van der Waals surface area contributed by atoms with Gasteiger partial charge in [-0.3, -0.25) is 0 Å². The van der Waals surface area contributed by atoms with Crippen molar-refractivity contribution in [2.45, 2.75) is 37.6 Å². The molecular weight excluding hydrogens is 442 g/mol. The summed E-state index contributed by atoms with van der Waals surface area (Å²) in [5.74, 6) is -0.840. The number of rotatable bonds is 7. The lowest BCUT2D eigenvalue weighted by Gasteiger charge is -2.19. The van der Waals surface area contributed by atoms with Gasteiger partial charge >= 0.3 is 5.97 Å². The average Bonchev–Trinajstić information content (AvgIpc) is 3.22. The molecule has 3 rings (SSSR count). The highest BCUT2D eigenvalue weighted by Gasteiger charge is 2.22. The Hall–Kier alpha value is -2.47. The van der Waals surface area contributed by atoms with E-state index in [0.717, 1.165) is 31.6 Å². The number of carbonyl (C=O) groups is 1. The molecule has 1 aliphatic rings. The van der Waals surface area contributed by atoms with E-state index in [4.69, 9.17) is 5.11 Å². The largest absolute Gasteiger partial charge is 0.478 e. The van der Waals surface area contributed by atoms with Crippen molar-refractivity contribution < 1.29 is 26.7 Å². The smallest absolute Gasteiger partial charge is 0.337 e. The van der Waals surface area contributed by atoms with Crippen LogP contribution in [0.15, 0.2) is 59.5 Å². The number of benzene rings is 2. The normalized spacial score (nSPS) is 14.2. The summed E-state index contributed by atoms with van der Waals surface area (Å²) in [7, 11) is -8.14. The molecule has 0 unspecified atom stereocenters. The van der Waals surface area contributed by atoms with Gasteiger partial charge in [-0.1, -0.05) is 34.5 Å². The molecule has 3 N–H and O–H groups in total. The molecule has 0 amide bonds. The molecule has 2 aromatic rings. The topological polar surface area (TPSA) is 133 Å². The van der Waals surface area contributed by atoms with E-state index in [1.54, 1.807) is 36.2 Å². The van der Waals surface area contributed by atoms with E-state index >= 15 is 0 Å². The lowest BCUT2D eigenvalue weighted by atomic mass is 10.1. The van der Waals surface area contributed by atoms with Crippen molar-refractivity contribution in [3.63, 3.8) is 0 Å². The van der Waals surface area contributed by atoms with Gasteiger partial charge in [0.15, 0.2) is 0 Å². The number of sulfonamides is 1. The van der Waals surface area contributed by atoms with Crippen LogP contribution in [0.5, 0.6) is 0 Å². The predicted octanol–water partition coefficient (Wildman–Crippen LogP) is 2.19. The molecule has 0 atom stereocenters. The first-order chi connectivity index (χ1) is 14.5. The Morgan fingerprint density at radius 2 is 1.48 bits per heavy atom. The summed E-state index contributed by atoms with van der Waals surface area (Å²) in [6, 6.07) is 14.1. The summed E-state index contributed by atoms with van der Waals surface area (Å²) in [6.07, 6.45) is 2.32. The number of nitrogens with one attached hydrogen (secondary N) is 2. The van der Waals surface area contributed by atoms with Crippen LogP contribution in [0, 0.1) is 0 Å². The Morgan fingerprint density at radius 3 is 2.03 bits per heavy atom. The number of hydrogen-bond donors (Lipinski definition) is 3. The first-order valence-corrected chi connectivity index (χ1v) is 12.7. The zero-order valence-electron chi connectivity index (χ0n) is 17.4. The maximum atomic E-state index is 11.7. The number of para-hydroxylation sites is 1. The highest BCUT2D eigenvalue weighted by atomic mass is 32.3. The number of carboxylic acids is 1. The zero-order chi connectivity index (χ0) is 23.1. The minimum absolute atomic E-state index is 0.103. The first-order valence-electron chi connectivity index (χ1n) is 9.70. The number of anilines is 1. The fourth-order valence-electron chi connectivity index (χ4n) is 3.01. The van der Waals surface area contributed by atoms with Gasteiger partial charge in [0.2, 0.25) is 0 Å². The number of carboxylic acid groups (broad SMARTS) is 1. The van der Waals surface area contributed by atoms with Crippen molar-refractivity contribution in [3.8, 4) is 0 Å². The van der Waals surface area contributed by atoms with Gasteiger partial charge < -0.3 is 10.0 Å². The Balaban J connectivity index is 0.000000224. The molecule has 0 radical (unpaired) electrons. The van der Waals surface area contributed by atoms with Gasteiger partial charge in [-0.05, 0) is 51.0 Å². The van der Waals surface area contributed by atoms with Crippen molar-refractivity contribution in [2.75, 3.05) is 18.0 Å². The van der Waals surface area contributed by atoms with Gasteiger partial charge in [0, 0.05) is 19.1 Å².